The van der Waals surface area contributed by atoms with E-state index in [9.17, 15) is 4.79 Å². The van der Waals surface area contributed by atoms with Crippen molar-refractivity contribution in [1.29, 1.82) is 0 Å². The lowest BCUT2D eigenvalue weighted by molar-refractivity contribution is -0.160. The number of rotatable bonds is 5. The summed E-state index contributed by atoms with van der Waals surface area (Å²) in [6, 6.07) is 17.2. The normalized spacial score (nSPS) is 11.0. The molecule has 0 fully saturated rings. The number of ether oxygens (including phenoxy) is 2. The molecule has 2 rings (SSSR count). The molecule has 0 saturated heterocycles. The van der Waals surface area contributed by atoms with Gasteiger partial charge in [0.2, 0.25) is 0 Å². The number of hydrogen-bond donors (Lipinski definition) is 0. The summed E-state index contributed by atoms with van der Waals surface area (Å²) in [7, 11) is 0. The Kier molecular flexibility index (Phi) is 4.63. The number of esters is 1. The maximum Gasteiger partial charge on any atom is 0.350 e. The van der Waals surface area contributed by atoms with Crippen LogP contribution in [0.4, 0.5) is 0 Å². The van der Waals surface area contributed by atoms with Crippen molar-refractivity contribution in [1.82, 2.24) is 0 Å². The predicted octanol–water partition coefficient (Wildman–Crippen LogP) is 3.90. The molecule has 0 aliphatic carbocycles. The van der Waals surface area contributed by atoms with Crippen LogP contribution >= 0.6 is 0 Å². The Labute approximate surface area is 125 Å². The number of aryl methyl sites for hydroxylation is 1. The van der Waals surface area contributed by atoms with Crippen LogP contribution < -0.4 is 4.74 Å². The molecule has 2 aromatic rings. The average molecular weight is 284 g/mol. The van der Waals surface area contributed by atoms with Gasteiger partial charge in [0, 0.05) is 0 Å². The molecule has 0 aliphatic rings. The van der Waals surface area contributed by atoms with Crippen LogP contribution in [-0.2, 0) is 16.1 Å². The van der Waals surface area contributed by atoms with Crippen LogP contribution in [0.2, 0.25) is 0 Å². The fourth-order valence-electron chi connectivity index (χ4n) is 1.91. The Morgan fingerprint density at radius 3 is 2.43 bits per heavy atom. The van der Waals surface area contributed by atoms with Gasteiger partial charge in [0.15, 0.2) is 5.60 Å². The second-order valence-corrected chi connectivity index (χ2v) is 5.49. The van der Waals surface area contributed by atoms with E-state index in [1.54, 1.807) is 13.8 Å². The van der Waals surface area contributed by atoms with E-state index < -0.39 is 5.60 Å². The summed E-state index contributed by atoms with van der Waals surface area (Å²) in [6.45, 7) is 5.65. The topological polar surface area (TPSA) is 35.5 Å². The molecular formula is C18H20O3. The van der Waals surface area contributed by atoms with Gasteiger partial charge in [0.1, 0.15) is 12.4 Å². The molecular weight excluding hydrogens is 264 g/mol. The third-order valence-electron chi connectivity index (χ3n) is 3.07. The molecule has 3 nitrogen and oxygen atoms in total. The van der Waals surface area contributed by atoms with E-state index in [0.717, 1.165) is 11.1 Å². The highest BCUT2D eigenvalue weighted by atomic mass is 16.6. The fourth-order valence-corrected chi connectivity index (χ4v) is 1.91. The molecule has 0 N–H and O–H groups in total. The Balaban J connectivity index is 1.96. The molecule has 0 heterocycles. The standard InChI is InChI=1S/C18H20O3/c1-14-8-7-11-16(12-14)21-18(2,3)17(19)20-13-15-9-5-4-6-10-15/h4-12H,13H2,1-3H3. The molecule has 2 aromatic carbocycles. The van der Waals surface area contributed by atoms with E-state index in [-0.39, 0.29) is 12.6 Å². The van der Waals surface area contributed by atoms with Crippen LogP contribution in [0, 0.1) is 6.92 Å². The van der Waals surface area contributed by atoms with Gasteiger partial charge in [-0.05, 0) is 44.0 Å². The smallest absolute Gasteiger partial charge is 0.350 e. The molecule has 0 radical (unpaired) electrons. The number of benzene rings is 2. The third kappa shape index (κ3) is 4.35. The molecule has 21 heavy (non-hydrogen) atoms. The van der Waals surface area contributed by atoms with Gasteiger partial charge < -0.3 is 9.47 Å². The Hall–Kier alpha value is -2.29. The minimum Gasteiger partial charge on any atom is -0.476 e. The van der Waals surface area contributed by atoms with Crippen LogP contribution in [-0.4, -0.2) is 11.6 Å². The maximum absolute atomic E-state index is 12.2. The monoisotopic (exact) mass is 284 g/mol. The summed E-state index contributed by atoms with van der Waals surface area (Å²) in [5.74, 6) is 0.282. The summed E-state index contributed by atoms with van der Waals surface area (Å²) < 4.78 is 11.1. The first-order chi connectivity index (χ1) is 9.97. The lowest BCUT2D eigenvalue weighted by atomic mass is 10.1. The highest BCUT2D eigenvalue weighted by Gasteiger charge is 2.31. The number of hydrogen-bond acceptors (Lipinski definition) is 3. The zero-order valence-corrected chi connectivity index (χ0v) is 12.6. The van der Waals surface area contributed by atoms with Crippen molar-refractivity contribution < 1.29 is 14.3 Å². The van der Waals surface area contributed by atoms with E-state index in [1.165, 1.54) is 0 Å². The molecule has 0 amide bonds. The van der Waals surface area contributed by atoms with Crippen molar-refractivity contribution in [2.75, 3.05) is 0 Å². The molecule has 0 atom stereocenters. The zero-order valence-electron chi connectivity index (χ0n) is 12.6. The molecule has 3 heteroatoms. The first-order valence-electron chi connectivity index (χ1n) is 6.94. The fraction of sp³-hybridized carbons (Fsp3) is 0.278. The van der Waals surface area contributed by atoms with Gasteiger partial charge in [-0.25, -0.2) is 4.79 Å². The van der Waals surface area contributed by atoms with E-state index in [4.69, 9.17) is 9.47 Å². The van der Waals surface area contributed by atoms with Crippen molar-refractivity contribution in [2.45, 2.75) is 33.0 Å². The van der Waals surface area contributed by atoms with Crippen LogP contribution in [0.5, 0.6) is 5.75 Å². The van der Waals surface area contributed by atoms with Gasteiger partial charge in [-0.2, -0.15) is 0 Å². The Morgan fingerprint density at radius 2 is 1.76 bits per heavy atom. The number of carbonyl (C=O) groups excluding carboxylic acids is 1. The second kappa shape index (κ2) is 6.44. The van der Waals surface area contributed by atoms with Crippen LogP contribution in [0.25, 0.3) is 0 Å². The lowest BCUT2D eigenvalue weighted by Crippen LogP contribution is -2.39. The van der Waals surface area contributed by atoms with Gasteiger partial charge >= 0.3 is 5.97 Å². The molecule has 0 spiro atoms. The molecule has 0 aromatic heterocycles. The lowest BCUT2D eigenvalue weighted by Gasteiger charge is -2.24. The van der Waals surface area contributed by atoms with Crippen LogP contribution in [0.1, 0.15) is 25.0 Å². The van der Waals surface area contributed by atoms with Gasteiger partial charge in [-0.3, -0.25) is 0 Å². The van der Waals surface area contributed by atoms with Crippen molar-refractivity contribution in [3.05, 3.63) is 65.7 Å². The van der Waals surface area contributed by atoms with E-state index in [2.05, 4.69) is 0 Å². The van der Waals surface area contributed by atoms with Gasteiger partial charge in [0.25, 0.3) is 0 Å². The predicted molar refractivity (Wildman–Crippen MR) is 82.1 cm³/mol. The molecule has 0 aliphatic heterocycles. The molecule has 0 saturated carbocycles. The van der Waals surface area contributed by atoms with Gasteiger partial charge in [0.05, 0.1) is 0 Å². The molecule has 0 bridgehead atoms. The first-order valence-corrected chi connectivity index (χ1v) is 6.94. The van der Waals surface area contributed by atoms with Crippen LogP contribution in [0.3, 0.4) is 0 Å². The van der Waals surface area contributed by atoms with Crippen molar-refractivity contribution in [3.8, 4) is 5.75 Å². The summed E-state index contributed by atoms with van der Waals surface area (Å²) >= 11 is 0. The summed E-state index contributed by atoms with van der Waals surface area (Å²) in [5, 5.41) is 0. The minimum atomic E-state index is -1.03. The van der Waals surface area contributed by atoms with Crippen molar-refractivity contribution >= 4 is 5.97 Å². The van der Waals surface area contributed by atoms with Gasteiger partial charge in [-0.15, -0.1) is 0 Å². The van der Waals surface area contributed by atoms with Crippen LogP contribution in [0.15, 0.2) is 54.6 Å². The zero-order chi connectivity index (χ0) is 15.3. The molecule has 110 valence electrons. The minimum absolute atomic E-state index is 0.250. The summed E-state index contributed by atoms with van der Waals surface area (Å²) in [6.07, 6.45) is 0. The SMILES string of the molecule is Cc1cccc(OC(C)(C)C(=O)OCc2ccccc2)c1. The van der Waals surface area contributed by atoms with Gasteiger partial charge in [-0.1, -0.05) is 42.5 Å². The van der Waals surface area contributed by atoms with E-state index >= 15 is 0 Å². The van der Waals surface area contributed by atoms with Crippen molar-refractivity contribution in [2.24, 2.45) is 0 Å². The third-order valence-corrected chi connectivity index (χ3v) is 3.07. The summed E-state index contributed by atoms with van der Waals surface area (Å²) in [4.78, 5) is 12.2. The summed E-state index contributed by atoms with van der Waals surface area (Å²) in [5.41, 5.74) is 1.01. The highest BCUT2D eigenvalue weighted by molar-refractivity contribution is 5.79. The maximum atomic E-state index is 12.2. The second-order valence-electron chi connectivity index (χ2n) is 5.49. The average Bonchev–Trinajstić information content (AvgIpc) is 2.45. The molecule has 0 unspecified atom stereocenters. The first kappa shape index (κ1) is 15.1. The van der Waals surface area contributed by atoms with E-state index in [0.29, 0.717) is 5.75 Å². The highest BCUT2D eigenvalue weighted by Crippen LogP contribution is 2.21. The Morgan fingerprint density at radius 1 is 1.05 bits per heavy atom. The largest absolute Gasteiger partial charge is 0.476 e. The Bertz CT molecular complexity index is 603. The van der Waals surface area contributed by atoms with Crippen molar-refractivity contribution in [3.63, 3.8) is 0 Å². The number of carbonyl (C=O) groups is 1. The quantitative estimate of drug-likeness (QED) is 0.781. The van der Waals surface area contributed by atoms with E-state index in [1.807, 2.05) is 61.5 Å².